The number of hydrogen-bond acceptors (Lipinski definition) is 4. The second kappa shape index (κ2) is 6.32. The Morgan fingerprint density at radius 3 is 2.62 bits per heavy atom. The Hall–Kier alpha value is -2.88. The van der Waals surface area contributed by atoms with Crippen molar-refractivity contribution in [3.8, 4) is 17.1 Å². The Morgan fingerprint density at radius 1 is 1.17 bits per heavy atom. The van der Waals surface area contributed by atoms with Crippen molar-refractivity contribution in [2.75, 3.05) is 18.5 Å². The molecule has 0 bridgehead atoms. The largest absolute Gasteiger partial charge is 0.507 e. The van der Waals surface area contributed by atoms with Crippen molar-refractivity contribution >= 4 is 16.7 Å². The summed E-state index contributed by atoms with van der Waals surface area (Å²) in [5.41, 5.74) is 3.69. The molecule has 0 saturated carbocycles. The fourth-order valence-electron chi connectivity index (χ4n) is 2.78. The number of aromatic hydroxyl groups is 1. The topological polar surface area (TPSA) is 49.2 Å². The van der Waals surface area contributed by atoms with Gasteiger partial charge in [-0.25, -0.2) is 9.97 Å². The van der Waals surface area contributed by atoms with Gasteiger partial charge >= 0.3 is 0 Å². The van der Waals surface area contributed by atoms with Crippen LogP contribution in [-0.2, 0) is 0 Å². The summed E-state index contributed by atoms with van der Waals surface area (Å²) in [6.45, 7) is 8.73. The zero-order valence-corrected chi connectivity index (χ0v) is 14.2. The summed E-state index contributed by atoms with van der Waals surface area (Å²) in [6.07, 6.45) is 0. The number of phenolic OH excluding ortho intramolecular Hbond substituents is 1. The third-order valence-electron chi connectivity index (χ3n) is 3.85. The summed E-state index contributed by atoms with van der Waals surface area (Å²) in [5, 5.41) is 11.1. The molecule has 3 aromatic rings. The van der Waals surface area contributed by atoms with Gasteiger partial charge in [-0.3, -0.25) is 0 Å². The monoisotopic (exact) mass is 319 g/mol. The maximum Gasteiger partial charge on any atom is 0.165 e. The average molecular weight is 319 g/mol. The number of aryl methyl sites for hydroxylation is 1. The maximum absolute atomic E-state index is 10.2. The molecule has 1 N–H and O–H groups in total. The number of hydrogen-bond donors (Lipinski definition) is 1. The number of rotatable bonds is 4. The second-order valence-corrected chi connectivity index (χ2v) is 6.22. The first-order chi connectivity index (χ1) is 11.5. The van der Waals surface area contributed by atoms with E-state index in [0.717, 1.165) is 27.9 Å². The van der Waals surface area contributed by atoms with E-state index < -0.39 is 0 Å². The minimum absolute atomic E-state index is 0.179. The molecule has 0 aliphatic heterocycles. The van der Waals surface area contributed by atoms with E-state index in [2.05, 4.69) is 22.5 Å². The number of phenols is 1. The fourth-order valence-corrected chi connectivity index (χ4v) is 2.78. The molecular weight excluding hydrogens is 298 g/mol. The van der Waals surface area contributed by atoms with Crippen LogP contribution in [0.3, 0.4) is 0 Å². The van der Waals surface area contributed by atoms with Gasteiger partial charge in [-0.15, -0.1) is 0 Å². The SMILES string of the molecule is C=C(C)CN(C)c1nc(-c2ccccc2O)nc2cc(C)ccc12. The van der Waals surface area contributed by atoms with Crippen LogP contribution in [0, 0.1) is 6.92 Å². The molecule has 24 heavy (non-hydrogen) atoms. The van der Waals surface area contributed by atoms with E-state index in [-0.39, 0.29) is 5.75 Å². The number of nitrogens with zero attached hydrogens (tertiary/aromatic N) is 3. The molecule has 0 aliphatic rings. The Labute approximate surface area is 142 Å². The predicted octanol–water partition coefficient (Wildman–Crippen LogP) is 4.32. The molecule has 0 unspecified atom stereocenters. The van der Waals surface area contributed by atoms with Crippen molar-refractivity contribution < 1.29 is 5.11 Å². The Kier molecular flexibility index (Phi) is 4.21. The van der Waals surface area contributed by atoms with Crippen LogP contribution in [0.15, 0.2) is 54.6 Å². The smallest absolute Gasteiger partial charge is 0.165 e. The van der Waals surface area contributed by atoms with Crippen molar-refractivity contribution in [3.05, 3.63) is 60.2 Å². The van der Waals surface area contributed by atoms with E-state index >= 15 is 0 Å². The molecule has 0 spiro atoms. The molecule has 0 radical (unpaired) electrons. The first-order valence-electron chi connectivity index (χ1n) is 7.88. The molecular formula is C20H21N3O. The van der Waals surface area contributed by atoms with Gasteiger partial charge in [0.1, 0.15) is 11.6 Å². The van der Waals surface area contributed by atoms with Crippen molar-refractivity contribution in [3.63, 3.8) is 0 Å². The highest BCUT2D eigenvalue weighted by molar-refractivity contribution is 5.91. The molecule has 0 aliphatic carbocycles. The zero-order chi connectivity index (χ0) is 17.3. The summed E-state index contributed by atoms with van der Waals surface area (Å²) < 4.78 is 0. The van der Waals surface area contributed by atoms with Crippen molar-refractivity contribution in [1.29, 1.82) is 0 Å². The number of aromatic nitrogens is 2. The highest BCUT2D eigenvalue weighted by atomic mass is 16.3. The minimum atomic E-state index is 0.179. The number of anilines is 1. The van der Waals surface area contributed by atoms with Crippen LogP contribution in [0.5, 0.6) is 5.75 Å². The molecule has 0 atom stereocenters. The van der Waals surface area contributed by atoms with Gasteiger partial charge in [-0.1, -0.05) is 30.4 Å². The van der Waals surface area contributed by atoms with Gasteiger partial charge in [0.05, 0.1) is 11.1 Å². The number of fused-ring (bicyclic) bond motifs is 1. The molecule has 1 heterocycles. The van der Waals surface area contributed by atoms with E-state index in [4.69, 9.17) is 4.98 Å². The summed E-state index contributed by atoms with van der Waals surface area (Å²) in [5.74, 6) is 1.54. The number of para-hydroxylation sites is 1. The van der Waals surface area contributed by atoms with Gasteiger partial charge in [0.2, 0.25) is 0 Å². The summed E-state index contributed by atoms with van der Waals surface area (Å²) in [6, 6.07) is 13.3. The van der Waals surface area contributed by atoms with Gasteiger partial charge in [0, 0.05) is 19.0 Å². The third kappa shape index (κ3) is 3.08. The normalized spacial score (nSPS) is 10.8. The first-order valence-corrected chi connectivity index (χ1v) is 7.88. The van der Waals surface area contributed by atoms with Crippen LogP contribution in [0.4, 0.5) is 5.82 Å². The standard InChI is InChI=1S/C20H21N3O/c1-13(2)12-23(4)20-15-10-9-14(3)11-17(15)21-19(22-20)16-7-5-6-8-18(16)24/h5-11,24H,1,12H2,2-4H3. The fraction of sp³-hybridized carbons (Fsp3) is 0.200. The predicted molar refractivity (Wildman–Crippen MR) is 99.5 cm³/mol. The molecule has 1 aromatic heterocycles. The van der Waals surface area contributed by atoms with Crippen molar-refractivity contribution in [2.45, 2.75) is 13.8 Å². The molecule has 4 heteroatoms. The van der Waals surface area contributed by atoms with Crippen LogP contribution in [0.2, 0.25) is 0 Å². The van der Waals surface area contributed by atoms with Crippen LogP contribution in [0.1, 0.15) is 12.5 Å². The highest BCUT2D eigenvalue weighted by Gasteiger charge is 2.15. The molecule has 0 fully saturated rings. The van der Waals surface area contributed by atoms with Crippen LogP contribution in [0.25, 0.3) is 22.3 Å². The Bertz CT molecular complexity index is 918. The van der Waals surface area contributed by atoms with Crippen molar-refractivity contribution in [2.24, 2.45) is 0 Å². The minimum Gasteiger partial charge on any atom is -0.507 e. The Balaban J connectivity index is 2.25. The zero-order valence-electron chi connectivity index (χ0n) is 14.2. The number of likely N-dealkylation sites (N-methyl/N-ethyl adjacent to an activating group) is 1. The molecule has 122 valence electrons. The molecule has 4 nitrogen and oxygen atoms in total. The molecule has 3 rings (SSSR count). The van der Waals surface area contributed by atoms with E-state index in [1.165, 1.54) is 0 Å². The number of benzene rings is 2. The summed E-state index contributed by atoms with van der Waals surface area (Å²) >= 11 is 0. The van der Waals surface area contributed by atoms with Crippen LogP contribution < -0.4 is 4.90 Å². The van der Waals surface area contributed by atoms with Gasteiger partial charge < -0.3 is 10.0 Å². The lowest BCUT2D eigenvalue weighted by Crippen LogP contribution is -2.21. The van der Waals surface area contributed by atoms with Gasteiger partial charge in [-0.05, 0) is 43.7 Å². The summed E-state index contributed by atoms with van der Waals surface area (Å²) in [4.78, 5) is 11.5. The maximum atomic E-state index is 10.2. The third-order valence-corrected chi connectivity index (χ3v) is 3.85. The quantitative estimate of drug-likeness (QED) is 0.727. The highest BCUT2D eigenvalue weighted by Crippen LogP contribution is 2.31. The van der Waals surface area contributed by atoms with E-state index in [0.29, 0.717) is 17.9 Å². The molecule has 0 amide bonds. The lowest BCUT2D eigenvalue weighted by atomic mass is 10.1. The van der Waals surface area contributed by atoms with Crippen LogP contribution >= 0.6 is 0 Å². The van der Waals surface area contributed by atoms with Crippen molar-refractivity contribution in [1.82, 2.24) is 9.97 Å². The van der Waals surface area contributed by atoms with E-state index in [9.17, 15) is 5.11 Å². The van der Waals surface area contributed by atoms with E-state index in [1.54, 1.807) is 12.1 Å². The molecule has 0 saturated heterocycles. The average Bonchev–Trinajstić information content (AvgIpc) is 2.53. The van der Waals surface area contributed by atoms with Crippen LogP contribution in [-0.4, -0.2) is 28.7 Å². The summed E-state index contributed by atoms with van der Waals surface area (Å²) in [7, 11) is 1.99. The van der Waals surface area contributed by atoms with Gasteiger partial charge in [0.15, 0.2) is 5.82 Å². The van der Waals surface area contributed by atoms with E-state index in [1.807, 2.05) is 45.2 Å². The van der Waals surface area contributed by atoms with Gasteiger partial charge in [0.25, 0.3) is 0 Å². The first kappa shape index (κ1) is 16.0. The van der Waals surface area contributed by atoms with Gasteiger partial charge in [-0.2, -0.15) is 0 Å². The lowest BCUT2D eigenvalue weighted by molar-refractivity contribution is 0.477. The lowest BCUT2D eigenvalue weighted by Gasteiger charge is -2.21. The molecule has 2 aromatic carbocycles. The Morgan fingerprint density at radius 2 is 1.92 bits per heavy atom. The second-order valence-electron chi connectivity index (χ2n) is 6.22.